The van der Waals surface area contributed by atoms with Gasteiger partial charge < -0.3 is 9.57 Å². The number of aromatic nitrogens is 5. The third kappa shape index (κ3) is 6.41. The van der Waals surface area contributed by atoms with E-state index in [2.05, 4.69) is 39.6 Å². The highest BCUT2D eigenvalue weighted by molar-refractivity contribution is 7.14. The van der Waals surface area contributed by atoms with Gasteiger partial charge in [0.25, 0.3) is 0 Å². The fourth-order valence-corrected chi connectivity index (χ4v) is 4.83. The smallest absolute Gasteiger partial charge is 0.365 e. The van der Waals surface area contributed by atoms with Gasteiger partial charge in [0.2, 0.25) is 0 Å². The third-order valence-corrected chi connectivity index (χ3v) is 7.17. The van der Waals surface area contributed by atoms with Crippen LogP contribution in [0.2, 0.25) is 0 Å². The van der Waals surface area contributed by atoms with E-state index in [9.17, 15) is 4.79 Å². The van der Waals surface area contributed by atoms with Crippen LogP contribution < -0.4 is 9.57 Å². The van der Waals surface area contributed by atoms with E-state index in [1.54, 1.807) is 35.6 Å². The molecule has 0 N–H and O–H groups in total. The van der Waals surface area contributed by atoms with Crippen LogP contribution in [0.3, 0.4) is 0 Å². The number of unbranched alkanes of at least 4 members (excludes halogenated alkanes) is 3. The number of carbonyl (C=O) groups excluding carboxylic acids is 1. The first-order chi connectivity index (χ1) is 18.7. The quantitative estimate of drug-likeness (QED) is 0.146. The van der Waals surface area contributed by atoms with Gasteiger partial charge in [-0.2, -0.15) is 0 Å². The Kier molecular flexibility index (Phi) is 8.35. The lowest BCUT2D eigenvalue weighted by Gasteiger charge is -2.07. The zero-order valence-corrected chi connectivity index (χ0v) is 22.1. The van der Waals surface area contributed by atoms with Crippen LogP contribution in [0.4, 0.5) is 0 Å². The number of benzene rings is 3. The number of hydrogen-bond acceptors (Lipinski definition) is 8. The molecular weight excluding hydrogens is 498 g/mol. The Morgan fingerprint density at radius 2 is 1.68 bits per heavy atom. The minimum absolute atomic E-state index is 0.409. The molecule has 0 aliphatic heterocycles. The van der Waals surface area contributed by atoms with Crippen LogP contribution in [-0.4, -0.2) is 37.9 Å². The summed E-state index contributed by atoms with van der Waals surface area (Å²) in [6.07, 6.45) is 6.51. The first-order valence-corrected chi connectivity index (χ1v) is 13.7. The van der Waals surface area contributed by atoms with Crippen LogP contribution in [0.5, 0.6) is 5.75 Å². The van der Waals surface area contributed by atoms with Gasteiger partial charge in [-0.25, -0.2) is 4.79 Å². The van der Waals surface area contributed by atoms with Gasteiger partial charge in [-0.05, 0) is 60.0 Å². The van der Waals surface area contributed by atoms with Gasteiger partial charge in [-0.3, -0.25) is 0 Å². The average Bonchev–Trinajstić information content (AvgIpc) is 3.60. The molecule has 0 aliphatic carbocycles. The van der Waals surface area contributed by atoms with Crippen molar-refractivity contribution in [1.82, 2.24) is 25.4 Å². The molecule has 0 saturated heterocycles. The zero-order valence-electron chi connectivity index (χ0n) is 21.2. The maximum Gasteiger partial charge on any atom is 0.365 e. The number of ether oxygens (including phenoxy) is 1. The highest BCUT2D eigenvalue weighted by atomic mass is 32.1. The number of rotatable bonds is 12. The second-order valence-corrected chi connectivity index (χ2v) is 10.0. The van der Waals surface area contributed by atoms with Crippen molar-refractivity contribution in [2.24, 2.45) is 0 Å². The predicted molar refractivity (Wildman–Crippen MR) is 147 cm³/mol. The minimum atomic E-state index is -0.516. The molecule has 0 radical (unpaired) electrons. The molecule has 0 fully saturated rings. The summed E-state index contributed by atoms with van der Waals surface area (Å²) in [5.74, 6) is 0.406. The monoisotopic (exact) mass is 527 g/mol. The van der Waals surface area contributed by atoms with E-state index in [0.717, 1.165) is 52.0 Å². The number of carbonyl (C=O) groups is 1. The normalized spacial score (nSPS) is 11.1. The lowest BCUT2D eigenvalue weighted by molar-refractivity contribution is 0.0409. The van der Waals surface area contributed by atoms with Crippen LogP contribution in [0, 0.1) is 0 Å². The number of fused-ring (bicyclic) bond motifs is 1. The molecule has 38 heavy (non-hydrogen) atoms. The van der Waals surface area contributed by atoms with Gasteiger partial charge in [0.05, 0.1) is 12.2 Å². The molecule has 5 aromatic rings. The first kappa shape index (κ1) is 25.5. The van der Waals surface area contributed by atoms with Gasteiger partial charge in [-0.15, -0.1) is 15.3 Å². The zero-order chi connectivity index (χ0) is 26.2. The first-order valence-electron chi connectivity index (χ1n) is 12.9. The van der Waals surface area contributed by atoms with E-state index >= 15 is 0 Å². The largest absolute Gasteiger partial charge is 0.494 e. The number of nitrogens with zero attached hydrogens (tertiary/aromatic N) is 5. The Hall–Kier alpha value is -4.11. The standard InChI is InChI=1S/C29H29N5O3S/c1-2-3-4-7-20-36-24-17-10-21(11-18-24)12-19-27-31-32-28(38-27)22-13-15-23(16-14-22)29(35)37-34-26-9-6-5-8-25(26)30-33-34/h5-6,8-11,13-18H,2-4,7,12,19-20H2,1H3. The van der Waals surface area contributed by atoms with E-state index in [1.165, 1.54) is 24.8 Å². The van der Waals surface area contributed by atoms with Crippen LogP contribution in [0.15, 0.2) is 72.8 Å². The van der Waals surface area contributed by atoms with Crippen molar-refractivity contribution in [2.45, 2.75) is 45.4 Å². The molecular formula is C29H29N5O3S. The fraction of sp³-hybridized carbons (Fsp3) is 0.276. The summed E-state index contributed by atoms with van der Waals surface area (Å²) in [5.41, 5.74) is 3.83. The molecule has 0 saturated carbocycles. The number of aryl methyl sites for hydroxylation is 2. The summed E-state index contributed by atoms with van der Waals surface area (Å²) in [7, 11) is 0. The van der Waals surface area contributed by atoms with Crippen LogP contribution >= 0.6 is 11.3 Å². The van der Waals surface area contributed by atoms with E-state index < -0.39 is 5.97 Å². The van der Waals surface area contributed by atoms with Crippen molar-refractivity contribution in [3.05, 3.63) is 88.9 Å². The molecule has 5 rings (SSSR count). The Balaban J connectivity index is 1.13. The topological polar surface area (TPSA) is 92.0 Å². The molecule has 9 heteroatoms. The molecule has 2 aromatic heterocycles. The van der Waals surface area contributed by atoms with Crippen molar-refractivity contribution in [1.29, 1.82) is 0 Å². The summed E-state index contributed by atoms with van der Waals surface area (Å²) < 4.78 is 5.83. The van der Waals surface area contributed by atoms with Crippen molar-refractivity contribution in [3.63, 3.8) is 0 Å². The molecule has 0 spiro atoms. The summed E-state index contributed by atoms with van der Waals surface area (Å²) in [5, 5.41) is 18.4. The van der Waals surface area contributed by atoms with E-state index in [1.807, 2.05) is 36.4 Å². The SMILES string of the molecule is CCCCCCOc1ccc(CCc2nnc(-c3ccc(C(=O)On4nnc5ccccc54)cc3)s2)cc1. The van der Waals surface area contributed by atoms with Crippen LogP contribution in [0.25, 0.3) is 21.6 Å². The number of para-hydroxylation sites is 1. The molecule has 0 unspecified atom stereocenters. The number of hydrogen-bond donors (Lipinski definition) is 0. The Labute approximate surface area is 225 Å². The molecule has 3 aromatic carbocycles. The van der Waals surface area contributed by atoms with E-state index in [-0.39, 0.29) is 0 Å². The van der Waals surface area contributed by atoms with Gasteiger partial charge in [0.15, 0.2) is 0 Å². The van der Waals surface area contributed by atoms with Crippen LogP contribution in [-0.2, 0) is 12.8 Å². The molecule has 0 aliphatic rings. The predicted octanol–water partition coefficient (Wildman–Crippen LogP) is 5.96. The molecule has 8 nitrogen and oxygen atoms in total. The van der Waals surface area contributed by atoms with Gasteiger partial charge >= 0.3 is 5.97 Å². The highest BCUT2D eigenvalue weighted by Crippen LogP contribution is 2.25. The highest BCUT2D eigenvalue weighted by Gasteiger charge is 2.14. The minimum Gasteiger partial charge on any atom is -0.494 e. The Morgan fingerprint density at radius 1 is 0.868 bits per heavy atom. The van der Waals surface area contributed by atoms with Crippen LogP contribution in [0.1, 0.15) is 53.5 Å². The van der Waals surface area contributed by atoms with Gasteiger partial charge in [0.1, 0.15) is 26.8 Å². The maximum atomic E-state index is 12.6. The van der Waals surface area contributed by atoms with Crippen molar-refractivity contribution < 1.29 is 14.4 Å². The molecule has 0 atom stereocenters. The second-order valence-electron chi connectivity index (χ2n) is 8.96. The molecule has 0 amide bonds. The summed E-state index contributed by atoms with van der Waals surface area (Å²) in [4.78, 5) is 19.1. The van der Waals surface area contributed by atoms with Crippen molar-refractivity contribution in [3.8, 4) is 16.3 Å². The Bertz CT molecular complexity index is 1480. The molecule has 2 heterocycles. The van der Waals surface area contributed by atoms with Gasteiger partial charge in [-0.1, -0.05) is 78.8 Å². The summed E-state index contributed by atoms with van der Waals surface area (Å²) >= 11 is 1.56. The van der Waals surface area contributed by atoms with Gasteiger partial charge in [0, 0.05) is 12.0 Å². The lowest BCUT2D eigenvalue weighted by atomic mass is 10.1. The molecule has 0 bridgehead atoms. The second kappa shape index (κ2) is 12.4. The third-order valence-electron chi connectivity index (χ3n) is 6.14. The van der Waals surface area contributed by atoms with E-state index in [4.69, 9.17) is 9.57 Å². The van der Waals surface area contributed by atoms with Crippen molar-refractivity contribution in [2.75, 3.05) is 6.61 Å². The summed E-state index contributed by atoms with van der Waals surface area (Å²) in [6.45, 7) is 2.98. The Morgan fingerprint density at radius 3 is 2.50 bits per heavy atom. The summed E-state index contributed by atoms with van der Waals surface area (Å²) in [6, 6.07) is 22.7. The maximum absolute atomic E-state index is 12.6. The fourth-order valence-electron chi connectivity index (χ4n) is 3.99. The average molecular weight is 528 g/mol. The molecule has 194 valence electrons. The van der Waals surface area contributed by atoms with E-state index in [0.29, 0.717) is 16.6 Å². The lowest BCUT2D eigenvalue weighted by Crippen LogP contribution is -2.20. The van der Waals surface area contributed by atoms with Crippen molar-refractivity contribution >= 4 is 28.3 Å².